The third-order valence-electron chi connectivity index (χ3n) is 4.83. The van der Waals surface area contributed by atoms with Crippen molar-refractivity contribution in [3.8, 4) is 0 Å². The third-order valence-corrected chi connectivity index (χ3v) is 6.72. The molecule has 1 fully saturated rings. The highest BCUT2D eigenvalue weighted by atomic mass is 32.2. The summed E-state index contributed by atoms with van der Waals surface area (Å²) in [5, 5.41) is 17.6. The topological polar surface area (TPSA) is 193 Å². The van der Waals surface area contributed by atoms with Gasteiger partial charge in [-0.25, -0.2) is 0 Å². The number of hydrogen-bond donors (Lipinski definition) is 3. The van der Waals surface area contributed by atoms with Crippen LogP contribution in [-0.4, -0.2) is 62.0 Å². The molecule has 5 N–H and O–H groups in total. The lowest BCUT2D eigenvalue weighted by Gasteiger charge is -2.50. The van der Waals surface area contributed by atoms with Crippen LogP contribution < -0.4 is 26.5 Å². The number of carbonyl (C=O) groups excluding carboxylic acids is 3. The highest BCUT2D eigenvalue weighted by Crippen LogP contribution is 2.40. The van der Waals surface area contributed by atoms with Crippen LogP contribution in [0.15, 0.2) is 41.0 Å². The lowest BCUT2D eigenvalue weighted by atomic mass is 10.0. The van der Waals surface area contributed by atoms with E-state index < -0.39 is 29.2 Å². The van der Waals surface area contributed by atoms with Crippen LogP contribution in [0.5, 0.6) is 0 Å². The number of nitrogens with zero attached hydrogens (tertiary/aromatic N) is 5. The molecule has 2 aromatic heterocycles. The van der Waals surface area contributed by atoms with Crippen LogP contribution in [-0.2, 0) is 25.8 Å². The lowest BCUT2D eigenvalue weighted by molar-refractivity contribution is -0.688. The number of rotatable bonds is 7. The number of nitrogens with one attached hydrogen (secondary N) is 1. The number of nitrogens with two attached hydrogens (primary N) is 2. The molecule has 2 amide bonds. The number of carbonyl (C=O) groups is 3. The van der Waals surface area contributed by atoms with E-state index in [1.165, 1.54) is 18.9 Å². The van der Waals surface area contributed by atoms with Gasteiger partial charge in [-0.3, -0.25) is 14.5 Å². The largest absolute Gasteiger partial charge is 0.543 e. The van der Waals surface area contributed by atoms with Gasteiger partial charge in [0.15, 0.2) is 24.1 Å². The van der Waals surface area contributed by atoms with E-state index >= 15 is 0 Å². The van der Waals surface area contributed by atoms with Gasteiger partial charge in [-0.1, -0.05) is 5.16 Å². The number of fused-ring (bicyclic) bond motifs is 1. The Kier molecular flexibility index (Phi) is 6.15. The first-order chi connectivity index (χ1) is 15.8. The molecule has 1 saturated heterocycles. The molecular weight excluding hydrogens is 472 g/mol. The number of anilines is 2. The molecule has 15 heteroatoms. The van der Waals surface area contributed by atoms with E-state index in [9.17, 15) is 19.5 Å². The van der Waals surface area contributed by atoms with E-state index in [0.29, 0.717) is 17.0 Å². The molecule has 1 unspecified atom stereocenters. The number of hydrogen-bond acceptors (Lipinski definition) is 12. The second-order valence-corrected chi connectivity index (χ2v) is 8.88. The average molecular weight is 491 g/mol. The van der Waals surface area contributed by atoms with Gasteiger partial charge in [0.05, 0.1) is 17.4 Å². The van der Waals surface area contributed by atoms with Crippen molar-refractivity contribution in [3.63, 3.8) is 0 Å². The quantitative estimate of drug-likeness (QED) is 0.161. The van der Waals surface area contributed by atoms with Gasteiger partial charge in [0, 0.05) is 28.9 Å². The fourth-order valence-electron chi connectivity index (χ4n) is 3.47. The molecule has 13 nitrogen and oxygen atoms in total. The zero-order valence-corrected chi connectivity index (χ0v) is 18.8. The van der Waals surface area contributed by atoms with Crippen molar-refractivity contribution in [2.45, 2.75) is 18.0 Å². The molecule has 4 heterocycles. The first-order valence-corrected chi connectivity index (χ1v) is 11.3. The number of oxime groups is 1. The second-order valence-electron chi connectivity index (χ2n) is 6.99. The van der Waals surface area contributed by atoms with E-state index in [1.54, 1.807) is 29.1 Å². The zero-order chi connectivity index (χ0) is 23.7. The molecule has 4 rings (SSSR count). The molecule has 0 saturated carbocycles. The molecule has 2 atom stereocenters. The first-order valence-electron chi connectivity index (χ1n) is 9.44. The summed E-state index contributed by atoms with van der Waals surface area (Å²) < 4.78 is 5.65. The van der Waals surface area contributed by atoms with Crippen LogP contribution in [0.25, 0.3) is 0 Å². The minimum atomic E-state index is -1.47. The summed E-state index contributed by atoms with van der Waals surface area (Å²) in [6.07, 6.45) is 3.40. The summed E-state index contributed by atoms with van der Waals surface area (Å²) in [4.78, 5) is 47.2. The molecule has 0 spiro atoms. The Labute approximate surface area is 195 Å². The monoisotopic (exact) mass is 490 g/mol. The molecule has 2 aliphatic rings. The summed E-state index contributed by atoms with van der Waals surface area (Å²) in [6, 6.07) is 2.47. The van der Waals surface area contributed by atoms with Gasteiger partial charge in [-0.05, 0) is 6.07 Å². The SMILES string of the molecule is CON=C(C(=O)NC1C(=O)N2C(C(=O)[O-])=C(C[n+]3cccc(N)c3)CS[C@H]12)c1nsc(N)n1. The molecule has 2 aromatic rings. The number of β-lactam (4-membered cyclic amide) rings is 1. The number of carboxylic acids is 1. The van der Waals surface area contributed by atoms with Crippen LogP contribution >= 0.6 is 23.3 Å². The zero-order valence-electron chi connectivity index (χ0n) is 17.1. The van der Waals surface area contributed by atoms with Crippen LogP contribution in [0, 0.1) is 0 Å². The molecule has 0 aromatic carbocycles. The van der Waals surface area contributed by atoms with Gasteiger partial charge in [-0.2, -0.15) is 13.9 Å². The summed E-state index contributed by atoms with van der Waals surface area (Å²) in [5.74, 6) is -2.55. The van der Waals surface area contributed by atoms with Crippen LogP contribution in [0.2, 0.25) is 0 Å². The number of aromatic nitrogens is 3. The fourth-order valence-corrected chi connectivity index (χ4v) is 5.24. The van der Waals surface area contributed by atoms with Crippen molar-refractivity contribution < 1.29 is 28.9 Å². The number of pyridine rings is 1. The van der Waals surface area contributed by atoms with E-state index in [0.717, 1.165) is 16.4 Å². The Balaban J connectivity index is 1.54. The number of thioether (sulfide) groups is 1. The van der Waals surface area contributed by atoms with Crippen molar-refractivity contribution in [2.24, 2.45) is 5.16 Å². The van der Waals surface area contributed by atoms with Gasteiger partial charge in [0.1, 0.15) is 18.5 Å². The normalized spacial score (nSPS) is 20.2. The summed E-state index contributed by atoms with van der Waals surface area (Å²) in [6.45, 7) is 0.219. The van der Waals surface area contributed by atoms with Crippen molar-refractivity contribution in [1.29, 1.82) is 0 Å². The summed E-state index contributed by atoms with van der Waals surface area (Å²) in [5.41, 5.74) is 11.9. The number of amides is 2. The number of carboxylic acid groups (broad SMARTS) is 1. The van der Waals surface area contributed by atoms with E-state index in [4.69, 9.17) is 11.5 Å². The first kappa shape index (κ1) is 22.5. The maximum Gasteiger partial charge on any atom is 0.278 e. The molecule has 0 aliphatic carbocycles. The van der Waals surface area contributed by atoms with Crippen molar-refractivity contribution in [1.82, 2.24) is 19.6 Å². The van der Waals surface area contributed by atoms with Crippen molar-refractivity contribution >= 4 is 57.6 Å². The Morgan fingerprint density at radius 3 is 2.88 bits per heavy atom. The van der Waals surface area contributed by atoms with Gasteiger partial charge in [0.25, 0.3) is 11.8 Å². The third kappa shape index (κ3) is 4.31. The van der Waals surface area contributed by atoms with Gasteiger partial charge in [0.2, 0.25) is 11.5 Å². The molecular formula is C18H18N8O5S2. The van der Waals surface area contributed by atoms with Crippen LogP contribution in [0.4, 0.5) is 10.8 Å². The molecule has 33 heavy (non-hydrogen) atoms. The smallest absolute Gasteiger partial charge is 0.278 e. The number of aliphatic carboxylic acids is 1. The van der Waals surface area contributed by atoms with Gasteiger partial charge < -0.3 is 31.5 Å². The average Bonchev–Trinajstić information content (AvgIpc) is 3.21. The standard InChI is InChI=1S/C18H18N8O5S2/c1-31-23-10(13-22-18(20)33-24-13)14(27)21-11-15(28)26-12(17(29)30)8(7-32-16(11)26)5-25-4-2-3-9(19)6-25/h2-4,6,11,16H,5,7,19H2,1H3,(H3-,20,21,22,24,27,29,30)/t11?,16-/m1/s1. The van der Waals surface area contributed by atoms with Gasteiger partial charge >= 0.3 is 0 Å². The van der Waals surface area contributed by atoms with Crippen molar-refractivity contribution in [2.75, 3.05) is 24.3 Å². The van der Waals surface area contributed by atoms with Gasteiger partial charge in [-0.15, -0.1) is 11.8 Å². The number of nitrogen functional groups attached to an aromatic ring is 2. The van der Waals surface area contributed by atoms with Crippen LogP contribution in [0.3, 0.4) is 0 Å². The predicted octanol–water partition coefficient (Wildman–Crippen LogP) is -2.56. The fraction of sp³-hybridized carbons (Fsp3) is 0.278. The Bertz CT molecular complexity index is 1200. The van der Waals surface area contributed by atoms with E-state index in [2.05, 4.69) is 24.7 Å². The molecule has 2 aliphatic heterocycles. The highest BCUT2D eigenvalue weighted by Gasteiger charge is 2.53. The summed E-state index contributed by atoms with van der Waals surface area (Å²) in [7, 11) is 1.24. The Morgan fingerprint density at radius 2 is 2.24 bits per heavy atom. The lowest BCUT2D eigenvalue weighted by Crippen LogP contribution is -2.71. The van der Waals surface area contributed by atoms with Crippen molar-refractivity contribution in [3.05, 3.63) is 41.6 Å². The predicted molar refractivity (Wildman–Crippen MR) is 116 cm³/mol. The Morgan fingerprint density at radius 1 is 1.45 bits per heavy atom. The van der Waals surface area contributed by atoms with Crippen LogP contribution in [0.1, 0.15) is 5.82 Å². The maximum atomic E-state index is 12.8. The molecule has 172 valence electrons. The minimum absolute atomic E-state index is 0.0476. The Hall–Kier alpha value is -3.72. The van der Waals surface area contributed by atoms with E-state index in [1.807, 2.05) is 0 Å². The highest BCUT2D eigenvalue weighted by molar-refractivity contribution is 8.00. The molecule has 0 radical (unpaired) electrons. The molecule has 0 bridgehead atoms. The second kappa shape index (κ2) is 9.03. The maximum absolute atomic E-state index is 12.8. The minimum Gasteiger partial charge on any atom is -0.543 e. The summed E-state index contributed by atoms with van der Waals surface area (Å²) >= 11 is 2.19. The van der Waals surface area contributed by atoms with E-state index in [-0.39, 0.29) is 28.9 Å².